The Morgan fingerprint density at radius 3 is 2.86 bits per heavy atom. The second-order valence-electron chi connectivity index (χ2n) is 3.84. The van der Waals surface area contributed by atoms with Gasteiger partial charge in [0.25, 0.3) is 0 Å². The van der Waals surface area contributed by atoms with Crippen molar-refractivity contribution >= 4 is 5.97 Å². The highest BCUT2D eigenvalue weighted by Crippen LogP contribution is 2.27. The molecule has 0 aromatic carbocycles. The van der Waals surface area contributed by atoms with Crippen molar-refractivity contribution in [2.75, 3.05) is 0 Å². The van der Waals surface area contributed by atoms with Crippen molar-refractivity contribution in [2.45, 2.75) is 32.1 Å². The minimum Gasteiger partial charge on any atom is -0.475 e. The molecule has 0 bridgehead atoms. The van der Waals surface area contributed by atoms with Crippen molar-refractivity contribution < 1.29 is 14.4 Å². The van der Waals surface area contributed by atoms with Crippen LogP contribution in [0, 0.1) is 5.92 Å². The van der Waals surface area contributed by atoms with E-state index in [-0.39, 0.29) is 5.76 Å². The molecule has 76 valence electrons. The topological polar surface area (TPSA) is 63.3 Å². The second-order valence-corrected chi connectivity index (χ2v) is 3.84. The fourth-order valence-electron chi connectivity index (χ4n) is 2.02. The van der Waals surface area contributed by atoms with E-state index in [1.54, 1.807) is 0 Å². The number of rotatable bonds is 3. The molecule has 1 aliphatic rings. The number of aromatic carboxylic acids is 1. The smallest absolute Gasteiger partial charge is 0.374 e. The first-order valence-electron chi connectivity index (χ1n) is 4.94. The highest BCUT2D eigenvalue weighted by atomic mass is 16.5. The van der Waals surface area contributed by atoms with Gasteiger partial charge in [0.05, 0.1) is 5.69 Å². The highest BCUT2D eigenvalue weighted by molar-refractivity contribution is 5.84. The Bertz CT molecular complexity index is 326. The van der Waals surface area contributed by atoms with Crippen molar-refractivity contribution in [3.8, 4) is 0 Å². The third-order valence-electron chi connectivity index (χ3n) is 2.74. The van der Waals surface area contributed by atoms with Gasteiger partial charge in [-0.2, -0.15) is 0 Å². The summed E-state index contributed by atoms with van der Waals surface area (Å²) < 4.78 is 4.69. The van der Waals surface area contributed by atoms with Crippen LogP contribution in [-0.2, 0) is 6.42 Å². The number of aromatic nitrogens is 1. The van der Waals surface area contributed by atoms with Gasteiger partial charge in [0.2, 0.25) is 5.76 Å². The fraction of sp³-hybridized carbons (Fsp3) is 0.600. The zero-order chi connectivity index (χ0) is 9.97. The van der Waals surface area contributed by atoms with Gasteiger partial charge in [0.15, 0.2) is 0 Å². The molecular formula is C10H13NO3. The number of hydrogen-bond donors (Lipinski definition) is 1. The first-order valence-corrected chi connectivity index (χ1v) is 4.94. The Balaban J connectivity index is 1.98. The minimum absolute atomic E-state index is 0.0574. The Morgan fingerprint density at radius 1 is 1.57 bits per heavy atom. The van der Waals surface area contributed by atoms with Crippen molar-refractivity contribution in [3.05, 3.63) is 17.5 Å². The fourth-order valence-corrected chi connectivity index (χ4v) is 2.02. The van der Waals surface area contributed by atoms with Gasteiger partial charge in [-0.1, -0.05) is 30.8 Å². The van der Waals surface area contributed by atoms with Gasteiger partial charge < -0.3 is 9.63 Å². The predicted octanol–water partition coefficient (Wildman–Crippen LogP) is 2.11. The lowest BCUT2D eigenvalue weighted by Crippen LogP contribution is -1.98. The van der Waals surface area contributed by atoms with Crippen LogP contribution in [0.5, 0.6) is 0 Å². The van der Waals surface area contributed by atoms with Gasteiger partial charge >= 0.3 is 5.97 Å². The van der Waals surface area contributed by atoms with Gasteiger partial charge in [0, 0.05) is 6.07 Å². The SMILES string of the molecule is O=C(O)c1cc(CC2CCCC2)no1. The largest absolute Gasteiger partial charge is 0.475 e. The lowest BCUT2D eigenvalue weighted by molar-refractivity contribution is 0.0652. The molecular weight excluding hydrogens is 182 g/mol. The summed E-state index contributed by atoms with van der Waals surface area (Å²) >= 11 is 0. The van der Waals surface area contributed by atoms with E-state index in [0.29, 0.717) is 5.92 Å². The summed E-state index contributed by atoms with van der Waals surface area (Å²) in [5, 5.41) is 12.4. The maximum absolute atomic E-state index is 10.5. The maximum Gasteiger partial charge on any atom is 0.374 e. The van der Waals surface area contributed by atoms with Crippen molar-refractivity contribution in [1.82, 2.24) is 5.16 Å². The lowest BCUT2D eigenvalue weighted by atomic mass is 10.0. The van der Waals surface area contributed by atoms with E-state index >= 15 is 0 Å². The number of hydrogen-bond acceptors (Lipinski definition) is 3. The third kappa shape index (κ3) is 1.95. The highest BCUT2D eigenvalue weighted by Gasteiger charge is 2.18. The maximum atomic E-state index is 10.5. The molecule has 14 heavy (non-hydrogen) atoms. The molecule has 1 fully saturated rings. The van der Waals surface area contributed by atoms with Crippen LogP contribution in [0.25, 0.3) is 0 Å². The second kappa shape index (κ2) is 3.82. The van der Waals surface area contributed by atoms with Gasteiger partial charge in [-0.05, 0) is 12.3 Å². The van der Waals surface area contributed by atoms with E-state index in [0.717, 1.165) is 12.1 Å². The van der Waals surface area contributed by atoms with Crippen molar-refractivity contribution in [2.24, 2.45) is 5.92 Å². The van der Waals surface area contributed by atoms with Crippen LogP contribution in [0.1, 0.15) is 41.9 Å². The van der Waals surface area contributed by atoms with Gasteiger partial charge in [0.1, 0.15) is 0 Å². The molecule has 1 saturated carbocycles. The quantitative estimate of drug-likeness (QED) is 0.802. The molecule has 1 heterocycles. The molecule has 0 spiro atoms. The first-order chi connectivity index (χ1) is 6.75. The molecule has 0 amide bonds. The number of carboxylic acid groups (broad SMARTS) is 1. The van der Waals surface area contributed by atoms with E-state index in [2.05, 4.69) is 9.68 Å². The average molecular weight is 195 g/mol. The number of nitrogens with zero attached hydrogens (tertiary/aromatic N) is 1. The Morgan fingerprint density at radius 2 is 2.29 bits per heavy atom. The van der Waals surface area contributed by atoms with Gasteiger partial charge in [-0.3, -0.25) is 0 Å². The van der Waals surface area contributed by atoms with Crippen LogP contribution in [0.2, 0.25) is 0 Å². The molecule has 1 aromatic heterocycles. The molecule has 0 atom stereocenters. The standard InChI is InChI=1S/C10H13NO3/c12-10(13)9-6-8(11-14-9)5-7-3-1-2-4-7/h6-7H,1-5H2,(H,12,13). The van der Waals surface area contributed by atoms with Crippen LogP contribution in [-0.4, -0.2) is 16.2 Å². The van der Waals surface area contributed by atoms with E-state index in [9.17, 15) is 4.79 Å². The van der Waals surface area contributed by atoms with E-state index < -0.39 is 5.97 Å². The van der Waals surface area contributed by atoms with Gasteiger partial charge in [-0.15, -0.1) is 0 Å². The van der Waals surface area contributed by atoms with Crippen molar-refractivity contribution in [3.63, 3.8) is 0 Å². The van der Waals surface area contributed by atoms with Crippen LogP contribution >= 0.6 is 0 Å². The molecule has 4 heteroatoms. The van der Waals surface area contributed by atoms with Crippen LogP contribution < -0.4 is 0 Å². The van der Waals surface area contributed by atoms with E-state index in [1.807, 2.05) is 0 Å². The normalized spacial score (nSPS) is 17.4. The average Bonchev–Trinajstić information content (AvgIpc) is 2.75. The van der Waals surface area contributed by atoms with Crippen LogP contribution in [0.3, 0.4) is 0 Å². The molecule has 0 radical (unpaired) electrons. The molecule has 0 saturated heterocycles. The van der Waals surface area contributed by atoms with E-state index in [1.165, 1.54) is 31.7 Å². The molecule has 4 nitrogen and oxygen atoms in total. The molecule has 2 rings (SSSR count). The third-order valence-corrected chi connectivity index (χ3v) is 2.74. The monoisotopic (exact) mass is 195 g/mol. The molecule has 1 aromatic rings. The van der Waals surface area contributed by atoms with Crippen LogP contribution in [0.4, 0.5) is 0 Å². The minimum atomic E-state index is -1.05. The molecule has 1 aliphatic carbocycles. The Kier molecular flexibility index (Phi) is 2.52. The summed E-state index contributed by atoms with van der Waals surface area (Å²) in [6.07, 6.45) is 5.89. The summed E-state index contributed by atoms with van der Waals surface area (Å²) in [4.78, 5) is 10.5. The van der Waals surface area contributed by atoms with Crippen LogP contribution in [0.15, 0.2) is 10.6 Å². The lowest BCUT2D eigenvalue weighted by Gasteiger charge is -2.03. The zero-order valence-corrected chi connectivity index (χ0v) is 7.90. The Hall–Kier alpha value is -1.32. The summed E-state index contributed by atoms with van der Waals surface area (Å²) in [6, 6.07) is 1.53. The zero-order valence-electron chi connectivity index (χ0n) is 7.90. The van der Waals surface area contributed by atoms with Gasteiger partial charge in [-0.25, -0.2) is 4.79 Å². The molecule has 0 aliphatic heterocycles. The molecule has 1 N–H and O–H groups in total. The number of carbonyl (C=O) groups is 1. The summed E-state index contributed by atoms with van der Waals surface area (Å²) in [7, 11) is 0. The first kappa shape index (κ1) is 9.24. The summed E-state index contributed by atoms with van der Waals surface area (Å²) in [5.74, 6) is -0.435. The number of carboxylic acids is 1. The van der Waals surface area contributed by atoms with Crippen molar-refractivity contribution in [1.29, 1.82) is 0 Å². The summed E-state index contributed by atoms with van der Waals surface area (Å²) in [6.45, 7) is 0. The predicted molar refractivity (Wildman–Crippen MR) is 49.1 cm³/mol. The Labute approximate surface area is 81.9 Å². The van der Waals surface area contributed by atoms with E-state index in [4.69, 9.17) is 5.11 Å². The summed E-state index contributed by atoms with van der Waals surface area (Å²) in [5.41, 5.74) is 0.773. The molecule has 0 unspecified atom stereocenters.